The maximum absolute atomic E-state index is 13.2. The van der Waals surface area contributed by atoms with Gasteiger partial charge in [-0.15, -0.1) is 0 Å². The van der Waals surface area contributed by atoms with Crippen LogP contribution in [0.2, 0.25) is 18.1 Å². The van der Waals surface area contributed by atoms with Gasteiger partial charge in [-0.3, -0.25) is 4.79 Å². The highest BCUT2D eigenvalue weighted by atomic mass is 28.4. The fourth-order valence-corrected chi connectivity index (χ4v) is 5.44. The quantitative estimate of drug-likeness (QED) is 0.805. The van der Waals surface area contributed by atoms with E-state index in [1.807, 2.05) is 35.2 Å². The number of benzene rings is 1. The summed E-state index contributed by atoms with van der Waals surface area (Å²) < 4.78 is 6.74. The lowest BCUT2D eigenvalue weighted by molar-refractivity contribution is -0.0758. The van der Waals surface area contributed by atoms with Crippen LogP contribution in [0.15, 0.2) is 30.3 Å². The lowest BCUT2D eigenvalue weighted by Gasteiger charge is -2.53. The number of piperidine rings is 2. The molecule has 0 aromatic heterocycles. The molecule has 0 saturated carbocycles. The number of rotatable bonds is 3. The van der Waals surface area contributed by atoms with Crippen LogP contribution in [-0.4, -0.2) is 48.5 Å². The van der Waals surface area contributed by atoms with Gasteiger partial charge in [0.25, 0.3) is 5.91 Å². The lowest BCUT2D eigenvalue weighted by Crippen LogP contribution is -2.64. The smallest absolute Gasteiger partial charge is 0.254 e. The van der Waals surface area contributed by atoms with Gasteiger partial charge in [0.15, 0.2) is 8.32 Å². The first-order valence-corrected chi connectivity index (χ1v) is 12.8. The van der Waals surface area contributed by atoms with Gasteiger partial charge in [0.1, 0.15) is 0 Å². The molecule has 2 aliphatic rings. The molecule has 2 fully saturated rings. The number of carbonyl (C=O) groups is 1. The van der Waals surface area contributed by atoms with E-state index < -0.39 is 14.4 Å². The van der Waals surface area contributed by atoms with E-state index in [1.54, 1.807) is 0 Å². The van der Waals surface area contributed by atoms with Gasteiger partial charge in [0.2, 0.25) is 0 Å². The summed E-state index contributed by atoms with van der Waals surface area (Å²) in [6, 6.07) is 9.43. The molecule has 5 heteroatoms. The summed E-state index contributed by atoms with van der Waals surface area (Å²) >= 11 is 0. The monoisotopic (exact) mass is 375 g/mol. The van der Waals surface area contributed by atoms with Gasteiger partial charge in [0.05, 0.1) is 24.3 Å². The van der Waals surface area contributed by atoms with Crippen molar-refractivity contribution in [1.29, 1.82) is 0 Å². The Hall–Kier alpha value is -1.17. The SMILES string of the molecule is CC(C)(C)[Si](C)(C)O[C@H]1CC[C@H]2[C@@H](O)CC[C@@H]1N2C(=O)c1ccccc1. The Morgan fingerprint density at radius 1 is 1.08 bits per heavy atom. The molecule has 2 bridgehead atoms. The van der Waals surface area contributed by atoms with Gasteiger partial charge in [-0.2, -0.15) is 0 Å². The fraction of sp³-hybridized carbons (Fsp3) is 0.667. The predicted octanol–water partition coefficient (Wildman–Crippen LogP) is 4.20. The van der Waals surface area contributed by atoms with Crippen LogP contribution in [0.4, 0.5) is 0 Å². The molecule has 4 atom stereocenters. The van der Waals surface area contributed by atoms with Gasteiger partial charge in [0, 0.05) is 5.56 Å². The molecule has 0 unspecified atom stereocenters. The summed E-state index contributed by atoms with van der Waals surface area (Å²) in [6.45, 7) is 11.3. The van der Waals surface area contributed by atoms with Crippen LogP contribution in [0.1, 0.15) is 56.8 Å². The van der Waals surface area contributed by atoms with E-state index in [4.69, 9.17) is 4.43 Å². The number of amides is 1. The first kappa shape index (κ1) is 19.6. The maximum Gasteiger partial charge on any atom is 0.254 e. The van der Waals surface area contributed by atoms with Gasteiger partial charge < -0.3 is 14.4 Å². The van der Waals surface area contributed by atoms with E-state index in [0.717, 1.165) is 25.7 Å². The molecular weight excluding hydrogens is 342 g/mol. The Balaban J connectivity index is 1.87. The van der Waals surface area contributed by atoms with Crippen molar-refractivity contribution >= 4 is 14.2 Å². The molecule has 26 heavy (non-hydrogen) atoms. The minimum absolute atomic E-state index is 0.0304. The molecular formula is C21H33NO3Si. The first-order chi connectivity index (χ1) is 12.1. The Kier molecular flexibility index (Phi) is 5.35. The highest BCUT2D eigenvalue weighted by Gasteiger charge is 2.49. The second-order valence-electron chi connectivity index (χ2n) is 9.35. The molecule has 1 amide bonds. The van der Waals surface area contributed by atoms with E-state index in [1.165, 1.54) is 0 Å². The van der Waals surface area contributed by atoms with Crippen LogP contribution in [0, 0.1) is 0 Å². The van der Waals surface area contributed by atoms with Crippen molar-refractivity contribution in [3.8, 4) is 0 Å². The van der Waals surface area contributed by atoms with E-state index in [2.05, 4.69) is 33.9 Å². The fourth-order valence-electron chi connectivity index (χ4n) is 4.05. The third-order valence-corrected chi connectivity index (χ3v) is 11.1. The van der Waals surface area contributed by atoms with E-state index in [9.17, 15) is 9.90 Å². The molecule has 2 aliphatic heterocycles. The van der Waals surface area contributed by atoms with E-state index in [-0.39, 0.29) is 29.1 Å². The number of hydrogen-bond donors (Lipinski definition) is 1. The summed E-state index contributed by atoms with van der Waals surface area (Å²) in [4.78, 5) is 15.2. The highest BCUT2D eigenvalue weighted by Crippen LogP contribution is 2.42. The van der Waals surface area contributed by atoms with Crippen molar-refractivity contribution in [3.63, 3.8) is 0 Å². The average Bonchev–Trinajstić information content (AvgIpc) is 2.58. The largest absolute Gasteiger partial charge is 0.412 e. The molecule has 144 valence electrons. The third-order valence-electron chi connectivity index (χ3n) is 6.60. The Bertz CT molecular complexity index is 640. The number of nitrogens with zero attached hydrogens (tertiary/aromatic N) is 1. The summed E-state index contributed by atoms with van der Waals surface area (Å²) in [5.74, 6) is 0.0304. The molecule has 2 saturated heterocycles. The number of aliphatic hydroxyl groups excluding tert-OH is 1. The summed E-state index contributed by atoms with van der Waals surface area (Å²) in [7, 11) is -1.91. The summed E-state index contributed by atoms with van der Waals surface area (Å²) in [6.07, 6.45) is 2.97. The van der Waals surface area contributed by atoms with Crippen molar-refractivity contribution in [2.75, 3.05) is 0 Å². The topological polar surface area (TPSA) is 49.8 Å². The van der Waals surface area contributed by atoms with Crippen LogP contribution in [0.5, 0.6) is 0 Å². The van der Waals surface area contributed by atoms with Crippen molar-refractivity contribution in [3.05, 3.63) is 35.9 Å². The normalized spacial score (nSPS) is 29.5. The minimum Gasteiger partial charge on any atom is -0.412 e. The number of hydrogen-bond acceptors (Lipinski definition) is 3. The lowest BCUT2D eigenvalue weighted by atomic mass is 9.80. The Morgan fingerprint density at radius 3 is 2.31 bits per heavy atom. The highest BCUT2D eigenvalue weighted by molar-refractivity contribution is 6.74. The van der Waals surface area contributed by atoms with E-state index >= 15 is 0 Å². The van der Waals surface area contributed by atoms with Crippen LogP contribution in [0.3, 0.4) is 0 Å². The second-order valence-corrected chi connectivity index (χ2v) is 14.1. The van der Waals surface area contributed by atoms with E-state index in [0.29, 0.717) is 5.56 Å². The van der Waals surface area contributed by atoms with Crippen molar-refractivity contribution < 1.29 is 14.3 Å². The third kappa shape index (κ3) is 3.62. The van der Waals surface area contributed by atoms with Gasteiger partial charge in [-0.05, 0) is 55.9 Å². The Labute approximate surface area is 158 Å². The first-order valence-electron chi connectivity index (χ1n) is 9.85. The van der Waals surface area contributed by atoms with Crippen LogP contribution >= 0.6 is 0 Å². The van der Waals surface area contributed by atoms with Crippen molar-refractivity contribution in [2.45, 2.75) is 88.9 Å². The zero-order valence-corrected chi connectivity index (χ0v) is 17.7. The standard InChI is InChI=1S/C21H33NO3Si/c1-21(2,3)26(4,5)25-19-14-12-16-18(23)13-11-17(19)22(16)20(24)15-9-7-6-8-10-15/h6-10,16-19,23H,11-14H2,1-5H3/t16-,17-,18-,19-/m0/s1. The minimum atomic E-state index is -1.91. The molecule has 1 aromatic carbocycles. The number of carbonyl (C=O) groups excluding carboxylic acids is 1. The van der Waals surface area contributed by atoms with Crippen LogP contribution < -0.4 is 0 Å². The molecule has 0 radical (unpaired) electrons. The summed E-state index contributed by atoms with van der Waals surface area (Å²) in [5.41, 5.74) is 0.699. The maximum atomic E-state index is 13.2. The van der Waals surface area contributed by atoms with Crippen LogP contribution in [0.25, 0.3) is 0 Å². The average molecular weight is 376 g/mol. The molecule has 2 heterocycles. The molecule has 0 aliphatic carbocycles. The van der Waals surface area contributed by atoms with Gasteiger partial charge >= 0.3 is 0 Å². The molecule has 3 rings (SSSR count). The zero-order chi connectivity index (χ0) is 19.1. The summed E-state index contributed by atoms with van der Waals surface area (Å²) in [5, 5.41) is 10.7. The predicted molar refractivity (Wildman–Crippen MR) is 107 cm³/mol. The second kappa shape index (κ2) is 7.10. The van der Waals surface area contributed by atoms with Gasteiger partial charge in [-0.1, -0.05) is 39.0 Å². The van der Waals surface area contributed by atoms with Crippen LogP contribution in [-0.2, 0) is 4.43 Å². The zero-order valence-electron chi connectivity index (χ0n) is 16.7. The number of aliphatic hydroxyl groups is 1. The van der Waals surface area contributed by atoms with Gasteiger partial charge in [-0.25, -0.2) is 0 Å². The van der Waals surface area contributed by atoms with Crippen molar-refractivity contribution in [1.82, 2.24) is 4.90 Å². The molecule has 4 nitrogen and oxygen atoms in total. The molecule has 0 spiro atoms. The molecule has 1 aromatic rings. The Morgan fingerprint density at radius 2 is 1.69 bits per heavy atom. The number of fused-ring (bicyclic) bond motifs is 2. The molecule has 1 N–H and O–H groups in total. The van der Waals surface area contributed by atoms with Crippen molar-refractivity contribution in [2.24, 2.45) is 0 Å².